The van der Waals surface area contributed by atoms with Crippen LogP contribution < -0.4 is 5.32 Å². The first-order valence-corrected chi connectivity index (χ1v) is 22.7. The number of nitrogens with one attached hydrogen (secondary N) is 1. The maximum absolute atomic E-state index is 12.9. The maximum atomic E-state index is 12.9. The SMILES string of the molecule is CCCCCCC/C=C\CCCCCCCC(=O)NC(COC1OC(CO)C(O)C(O)C1O)C(O)/C=C/CC/C=C/CCCCCCCCCCCCCC. The standard InChI is InChI=1S/C46H85NO8/c1-3-5-7-9-11-13-15-17-19-20-21-22-23-25-27-29-31-33-35-40(49)39(38-54-46-45(53)44(52)43(51)41(37-48)55-46)47-42(50)36-34-32-30-28-26-24-18-16-14-12-10-8-6-4-2/h16,18,25,27,33,35,39-41,43-46,48-49,51-53H,3-15,17,19-24,26,28-32,34,36-38H2,1-2H3,(H,47,50)/b18-16-,27-25+,35-33+. The Morgan fingerprint density at radius 1 is 0.600 bits per heavy atom. The minimum absolute atomic E-state index is 0.197. The van der Waals surface area contributed by atoms with Gasteiger partial charge in [0.05, 0.1) is 25.4 Å². The van der Waals surface area contributed by atoms with E-state index in [2.05, 4.69) is 43.5 Å². The molecule has 1 saturated heterocycles. The van der Waals surface area contributed by atoms with E-state index in [1.54, 1.807) is 6.08 Å². The molecular formula is C46H85NO8. The predicted octanol–water partition coefficient (Wildman–Crippen LogP) is 9.28. The average molecular weight is 780 g/mol. The summed E-state index contributed by atoms with van der Waals surface area (Å²) in [4.78, 5) is 12.9. The number of aliphatic hydroxyl groups excluding tert-OH is 5. The summed E-state index contributed by atoms with van der Waals surface area (Å²) in [7, 11) is 0. The molecule has 1 rings (SSSR count). The summed E-state index contributed by atoms with van der Waals surface area (Å²) >= 11 is 0. The molecule has 9 heteroatoms. The Kier molecular flexibility index (Phi) is 34.3. The number of carbonyl (C=O) groups excluding carboxylic acids is 1. The average Bonchev–Trinajstić information content (AvgIpc) is 3.18. The van der Waals surface area contributed by atoms with Crippen LogP contribution in [0.2, 0.25) is 0 Å². The molecular weight excluding hydrogens is 695 g/mol. The zero-order valence-electron chi connectivity index (χ0n) is 35.2. The van der Waals surface area contributed by atoms with E-state index in [9.17, 15) is 30.3 Å². The van der Waals surface area contributed by atoms with Crippen LogP contribution in [0.1, 0.15) is 194 Å². The third-order valence-electron chi connectivity index (χ3n) is 10.7. The third kappa shape index (κ3) is 27.6. The molecule has 1 amide bonds. The van der Waals surface area contributed by atoms with Crippen LogP contribution in [0, 0.1) is 0 Å². The van der Waals surface area contributed by atoms with Gasteiger partial charge >= 0.3 is 0 Å². The fourth-order valence-corrected chi connectivity index (χ4v) is 6.99. The monoisotopic (exact) mass is 780 g/mol. The van der Waals surface area contributed by atoms with Gasteiger partial charge < -0.3 is 40.3 Å². The first-order chi connectivity index (χ1) is 26.8. The molecule has 0 radical (unpaired) electrons. The van der Waals surface area contributed by atoms with Crippen LogP contribution in [0.25, 0.3) is 0 Å². The van der Waals surface area contributed by atoms with E-state index in [-0.39, 0.29) is 12.5 Å². The predicted molar refractivity (Wildman–Crippen MR) is 226 cm³/mol. The highest BCUT2D eigenvalue weighted by atomic mass is 16.7. The largest absolute Gasteiger partial charge is 0.394 e. The molecule has 0 aromatic rings. The van der Waals surface area contributed by atoms with Crippen LogP contribution in [0.5, 0.6) is 0 Å². The summed E-state index contributed by atoms with van der Waals surface area (Å²) in [6, 6.07) is -0.823. The second-order valence-corrected chi connectivity index (χ2v) is 15.8. The summed E-state index contributed by atoms with van der Waals surface area (Å²) in [5, 5.41) is 54.1. The van der Waals surface area contributed by atoms with Crippen molar-refractivity contribution in [2.45, 2.75) is 236 Å². The third-order valence-corrected chi connectivity index (χ3v) is 10.7. The van der Waals surface area contributed by atoms with E-state index < -0.39 is 49.5 Å². The van der Waals surface area contributed by atoms with Gasteiger partial charge in [0.15, 0.2) is 6.29 Å². The second kappa shape index (κ2) is 36.7. The Morgan fingerprint density at radius 2 is 1.04 bits per heavy atom. The van der Waals surface area contributed by atoms with E-state index in [0.29, 0.717) is 6.42 Å². The Labute approximate surface area is 336 Å². The van der Waals surface area contributed by atoms with E-state index in [1.165, 1.54) is 116 Å². The van der Waals surface area contributed by atoms with Crippen molar-refractivity contribution in [2.75, 3.05) is 13.2 Å². The molecule has 0 aromatic carbocycles. The molecule has 1 heterocycles. The molecule has 1 fully saturated rings. The number of allylic oxidation sites excluding steroid dienone is 5. The van der Waals surface area contributed by atoms with E-state index in [4.69, 9.17) is 9.47 Å². The van der Waals surface area contributed by atoms with Gasteiger partial charge in [0.2, 0.25) is 5.91 Å². The fraction of sp³-hybridized carbons (Fsp3) is 0.848. The van der Waals surface area contributed by atoms with Gasteiger partial charge in [-0.3, -0.25) is 4.79 Å². The molecule has 7 atom stereocenters. The molecule has 0 aromatic heterocycles. The Morgan fingerprint density at radius 3 is 1.53 bits per heavy atom. The quantitative estimate of drug-likeness (QED) is 0.0270. The molecule has 0 spiro atoms. The molecule has 0 bridgehead atoms. The van der Waals surface area contributed by atoms with Crippen molar-refractivity contribution < 1.29 is 39.8 Å². The van der Waals surface area contributed by atoms with Crippen LogP contribution in [0.15, 0.2) is 36.5 Å². The molecule has 7 unspecified atom stereocenters. The molecule has 9 nitrogen and oxygen atoms in total. The van der Waals surface area contributed by atoms with Crippen LogP contribution >= 0.6 is 0 Å². The lowest BCUT2D eigenvalue weighted by atomic mass is 9.99. The van der Waals surface area contributed by atoms with E-state index in [1.807, 2.05) is 6.08 Å². The lowest BCUT2D eigenvalue weighted by molar-refractivity contribution is -0.302. The van der Waals surface area contributed by atoms with Gasteiger partial charge in [-0.25, -0.2) is 0 Å². The van der Waals surface area contributed by atoms with Crippen LogP contribution in [0.3, 0.4) is 0 Å². The lowest BCUT2D eigenvalue weighted by Crippen LogP contribution is -2.60. The number of carbonyl (C=O) groups is 1. The lowest BCUT2D eigenvalue weighted by Gasteiger charge is -2.40. The van der Waals surface area contributed by atoms with Crippen LogP contribution in [-0.4, -0.2) is 87.5 Å². The molecule has 6 N–H and O–H groups in total. The molecule has 0 aliphatic carbocycles. The van der Waals surface area contributed by atoms with E-state index in [0.717, 1.165) is 57.8 Å². The summed E-state index contributed by atoms with van der Waals surface area (Å²) < 4.78 is 11.2. The molecule has 55 heavy (non-hydrogen) atoms. The Balaban J connectivity index is 2.40. The topological polar surface area (TPSA) is 149 Å². The summed E-state index contributed by atoms with van der Waals surface area (Å²) in [6.07, 6.45) is 37.6. The van der Waals surface area contributed by atoms with Crippen LogP contribution in [-0.2, 0) is 14.3 Å². The number of rotatable bonds is 37. The molecule has 322 valence electrons. The summed E-state index contributed by atoms with van der Waals surface area (Å²) in [5.41, 5.74) is 0. The van der Waals surface area contributed by atoms with Gasteiger partial charge in [-0.2, -0.15) is 0 Å². The van der Waals surface area contributed by atoms with Gasteiger partial charge in [-0.05, 0) is 57.8 Å². The van der Waals surface area contributed by atoms with Crippen molar-refractivity contribution in [3.05, 3.63) is 36.5 Å². The van der Waals surface area contributed by atoms with Gasteiger partial charge in [0.25, 0.3) is 0 Å². The molecule has 1 aliphatic heterocycles. The van der Waals surface area contributed by atoms with Gasteiger partial charge in [-0.1, -0.05) is 166 Å². The van der Waals surface area contributed by atoms with E-state index >= 15 is 0 Å². The summed E-state index contributed by atoms with van der Waals surface area (Å²) in [6.45, 7) is 3.73. The van der Waals surface area contributed by atoms with Gasteiger partial charge in [-0.15, -0.1) is 0 Å². The Bertz CT molecular complexity index is 956. The van der Waals surface area contributed by atoms with Crippen molar-refractivity contribution in [3.8, 4) is 0 Å². The second-order valence-electron chi connectivity index (χ2n) is 15.8. The Hall–Kier alpha value is -1.59. The van der Waals surface area contributed by atoms with Crippen molar-refractivity contribution in [3.63, 3.8) is 0 Å². The zero-order valence-corrected chi connectivity index (χ0v) is 35.2. The minimum Gasteiger partial charge on any atom is -0.394 e. The van der Waals surface area contributed by atoms with Gasteiger partial charge in [0.1, 0.15) is 24.4 Å². The maximum Gasteiger partial charge on any atom is 0.220 e. The number of amides is 1. The van der Waals surface area contributed by atoms with Crippen molar-refractivity contribution in [1.82, 2.24) is 5.32 Å². The highest BCUT2D eigenvalue weighted by molar-refractivity contribution is 5.76. The van der Waals surface area contributed by atoms with Crippen molar-refractivity contribution in [2.24, 2.45) is 0 Å². The zero-order chi connectivity index (χ0) is 40.2. The molecule has 1 aliphatic rings. The number of aliphatic hydroxyl groups is 5. The molecule has 0 saturated carbocycles. The van der Waals surface area contributed by atoms with Gasteiger partial charge in [0, 0.05) is 6.42 Å². The first-order valence-electron chi connectivity index (χ1n) is 22.7. The van der Waals surface area contributed by atoms with Crippen molar-refractivity contribution >= 4 is 5.91 Å². The van der Waals surface area contributed by atoms with Crippen molar-refractivity contribution in [1.29, 1.82) is 0 Å². The van der Waals surface area contributed by atoms with Crippen LogP contribution in [0.4, 0.5) is 0 Å². The minimum atomic E-state index is -1.57. The first kappa shape index (κ1) is 51.4. The number of hydrogen-bond donors (Lipinski definition) is 6. The summed E-state index contributed by atoms with van der Waals surface area (Å²) in [5.74, 6) is -0.197. The fourth-order valence-electron chi connectivity index (χ4n) is 6.99. The smallest absolute Gasteiger partial charge is 0.220 e. The normalized spacial score (nSPS) is 21.6. The number of hydrogen-bond acceptors (Lipinski definition) is 8. The highest BCUT2D eigenvalue weighted by Gasteiger charge is 2.44. The number of ether oxygens (including phenoxy) is 2. The highest BCUT2D eigenvalue weighted by Crippen LogP contribution is 2.22. The number of unbranched alkanes of at least 4 members (excludes halogenated alkanes) is 23.